The maximum atomic E-state index is 11.7. The zero-order valence-electron chi connectivity index (χ0n) is 17.9. The number of esters is 1. The van der Waals surface area contributed by atoms with Gasteiger partial charge in [0.05, 0.1) is 6.61 Å². The molecule has 0 radical (unpaired) electrons. The smallest absolute Gasteiger partial charge is 0.306 e. The highest BCUT2D eigenvalue weighted by Gasteiger charge is 2.28. The predicted octanol–water partition coefficient (Wildman–Crippen LogP) is 3.62. The van der Waals surface area contributed by atoms with E-state index < -0.39 is 30.9 Å². The first-order valence-corrected chi connectivity index (χ1v) is 11.0. The van der Waals surface area contributed by atoms with Crippen LogP contribution >= 0.6 is 0 Å². The van der Waals surface area contributed by atoms with Gasteiger partial charge in [-0.05, 0) is 38.5 Å². The number of aldehydes is 1. The van der Waals surface area contributed by atoms with Crippen LogP contribution in [0, 0.1) is 0 Å². The SMILES string of the molecule is CCCCC/C=C\C/C=C\CCCCCCCC(=O)O[C@H](C=O)[C@H](O)[C@H](O)CO. The van der Waals surface area contributed by atoms with E-state index >= 15 is 0 Å². The Balaban J connectivity index is 3.63. The second kappa shape index (κ2) is 19.8. The van der Waals surface area contributed by atoms with E-state index in [9.17, 15) is 19.8 Å². The molecule has 0 aromatic carbocycles. The van der Waals surface area contributed by atoms with Gasteiger partial charge in [-0.25, -0.2) is 0 Å². The molecule has 0 aliphatic rings. The first-order valence-electron chi connectivity index (χ1n) is 11.0. The molecule has 0 saturated carbocycles. The summed E-state index contributed by atoms with van der Waals surface area (Å²) in [4.78, 5) is 22.6. The van der Waals surface area contributed by atoms with Crippen LogP contribution in [0.3, 0.4) is 0 Å². The highest BCUT2D eigenvalue weighted by atomic mass is 16.6. The maximum Gasteiger partial charge on any atom is 0.306 e. The monoisotopic (exact) mass is 412 g/mol. The van der Waals surface area contributed by atoms with Crippen LogP contribution in [0.25, 0.3) is 0 Å². The molecule has 0 unspecified atom stereocenters. The van der Waals surface area contributed by atoms with Gasteiger partial charge in [0.15, 0.2) is 12.4 Å². The van der Waals surface area contributed by atoms with Crippen molar-refractivity contribution in [1.82, 2.24) is 0 Å². The van der Waals surface area contributed by atoms with Crippen molar-refractivity contribution >= 4 is 12.3 Å². The molecule has 0 amide bonds. The second-order valence-electron chi connectivity index (χ2n) is 7.31. The van der Waals surface area contributed by atoms with E-state index in [1.54, 1.807) is 0 Å². The molecule has 6 heteroatoms. The van der Waals surface area contributed by atoms with Crippen LogP contribution in [-0.2, 0) is 14.3 Å². The molecule has 3 atom stereocenters. The molecule has 0 aliphatic heterocycles. The van der Waals surface area contributed by atoms with E-state index in [4.69, 9.17) is 9.84 Å². The Hall–Kier alpha value is -1.50. The van der Waals surface area contributed by atoms with Crippen molar-refractivity contribution in [2.45, 2.75) is 102 Å². The largest absolute Gasteiger partial charge is 0.452 e. The van der Waals surface area contributed by atoms with Gasteiger partial charge in [-0.15, -0.1) is 0 Å². The Morgan fingerprint density at radius 1 is 0.897 bits per heavy atom. The number of allylic oxidation sites excluding steroid dienone is 4. The van der Waals surface area contributed by atoms with Crippen molar-refractivity contribution in [2.75, 3.05) is 6.61 Å². The second-order valence-corrected chi connectivity index (χ2v) is 7.31. The zero-order chi connectivity index (χ0) is 21.7. The van der Waals surface area contributed by atoms with E-state index in [1.165, 1.54) is 25.7 Å². The molecule has 0 bridgehead atoms. The van der Waals surface area contributed by atoms with E-state index in [2.05, 4.69) is 31.2 Å². The summed E-state index contributed by atoms with van der Waals surface area (Å²) >= 11 is 0. The fraction of sp³-hybridized carbons (Fsp3) is 0.739. The van der Waals surface area contributed by atoms with Crippen LogP contribution in [0.15, 0.2) is 24.3 Å². The number of rotatable bonds is 19. The normalized spacial score (nSPS) is 14.9. The number of hydrogen-bond acceptors (Lipinski definition) is 6. The van der Waals surface area contributed by atoms with Crippen LogP contribution < -0.4 is 0 Å². The molecule has 168 valence electrons. The molecule has 0 saturated heterocycles. The van der Waals surface area contributed by atoms with Crippen molar-refractivity contribution in [3.8, 4) is 0 Å². The summed E-state index contributed by atoms with van der Waals surface area (Å²) < 4.78 is 4.86. The fourth-order valence-electron chi connectivity index (χ4n) is 2.80. The van der Waals surface area contributed by atoms with Gasteiger partial charge in [-0.3, -0.25) is 9.59 Å². The van der Waals surface area contributed by atoms with Crippen molar-refractivity contribution in [3.63, 3.8) is 0 Å². The zero-order valence-corrected chi connectivity index (χ0v) is 17.9. The third kappa shape index (κ3) is 16.0. The van der Waals surface area contributed by atoms with Crippen LogP contribution in [0.5, 0.6) is 0 Å². The van der Waals surface area contributed by atoms with E-state index in [0.29, 0.717) is 6.42 Å². The van der Waals surface area contributed by atoms with E-state index in [-0.39, 0.29) is 12.7 Å². The fourth-order valence-corrected chi connectivity index (χ4v) is 2.80. The quantitative estimate of drug-likeness (QED) is 0.130. The number of ether oxygens (including phenoxy) is 1. The molecular formula is C23H40O6. The molecule has 0 heterocycles. The molecule has 3 N–H and O–H groups in total. The summed E-state index contributed by atoms with van der Waals surface area (Å²) in [7, 11) is 0. The Morgan fingerprint density at radius 2 is 1.48 bits per heavy atom. The summed E-state index contributed by atoms with van der Waals surface area (Å²) in [5, 5.41) is 27.7. The van der Waals surface area contributed by atoms with Crippen LogP contribution in [-0.4, -0.2) is 52.5 Å². The molecule has 0 aliphatic carbocycles. The van der Waals surface area contributed by atoms with Crippen molar-refractivity contribution < 1.29 is 29.6 Å². The van der Waals surface area contributed by atoms with Gasteiger partial charge in [0, 0.05) is 6.42 Å². The van der Waals surface area contributed by atoms with Gasteiger partial charge in [-0.2, -0.15) is 0 Å². The predicted molar refractivity (Wildman–Crippen MR) is 114 cm³/mol. The van der Waals surface area contributed by atoms with Crippen LogP contribution in [0.1, 0.15) is 84.0 Å². The average Bonchev–Trinajstić information content (AvgIpc) is 2.73. The van der Waals surface area contributed by atoms with Gasteiger partial charge in [0.1, 0.15) is 12.2 Å². The molecule has 0 aromatic rings. The highest BCUT2D eigenvalue weighted by molar-refractivity contribution is 5.72. The third-order valence-corrected chi connectivity index (χ3v) is 4.65. The number of carbonyl (C=O) groups is 2. The first kappa shape index (κ1) is 27.5. The lowest BCUT2D eigenvalue weighted by Crippen LogP contribution is -2.42. The third-order valence-electron chi connectivity index (χ3n) is 4.65. The van der Waals surface area contributed by atoms with Crippen LogP contribution in [0.4, 0.5) is 0 Å². The molecule has 0 fully saturated rings. The lowest BCUT2D eigenvalue weighted by molar-refractivity contribution is -0.163. The highest BCUT2D eigenvalue weighted by Crippen LogP contribution is 2.10. The minimum Gasteiger partial charge on any atom is -0.452 e. The van der Waals surface area contributed by atoms with Gasteiger partial charge < -0.3 is 20.1 Å². The Labute approximate surface area is 175 Å². The number of aliphatic hydroxyl groups is 3. The standard InChI is InChI=1S/C23H40O6/c1-2-3-4-5-6-7-8-9-10-11-12-13-14-15-16-17-22(27)29-21(19-25)23(28)20(26)18-24/h6-7,9-10,19-21,23-24,26,28H,2-5,8,11-18H2,1H3/b7-6-,10-9-/t20-,21-,23-/m1/s1. The lowest BCUT2D eigenvalue weighted by Gasteiger charge is -2.21. The molecule has 6 nitrogen and oxygen atoms in total. The Morgan fingerprint density at radius 3 is 2.07 bits per heavy atom. The molecule has 0 rings (SSSR count). The topological polar surface area (TPSA) is 104 Å². The molecule has 0 aromatic heterocycles. The van der Waals surface area contributed by atoms with Crippen LogP contribution in [0.2, 0.25) is 0 Å². The minimum absolute atomic E-state index is 0.163. The van der Waals surface area contributed by atoms with Gasteiger partial charge in [0.25, 0.3) is 0 Å². The summed E-state index contributed by atoms with van der Waals surface area (Å²) in [6, 6.07) is 0. The molecule has 0 spiro atoms. The van der Waals surface area contributed by atoms with Crippen molar-refractivity contribution in [1.29, 1.82) is 0 Å². The maximum absolute atomic E-state index is 11.7. The van der Waals surface area contributed by atoms with Gasteiger partial charge in [0.2, 0.25) is 0 Å². The minimum atomic E-state index is -1.62. The Bertz CT molecular complexity index is 460. The summed E-state index contributed by atoms with van der Waals surface area (Å²) in [6.07, 6.45) is 16.6. The number of unbranched alkanes of at least 4 members (excludes halogenated alkanes) is 8. The Kier molecular flexibility index (Phi) is 18.8. The molecular weight excluding hydrogens is 372 g/mol. The number of carbonyl (C=O) groups excluding carboxylic acids is 2. The number of aliphatic hydroxyl groups excluding tert-OH is 3. The summed E-state index contributed by atoms with van der Waals surface area (Å²) in [5.41, 5.74) is 0. The van der Waals surface area contributed by atoms with Crippen molar-refractivity contribution in [2.24, 2.45) is 0 Å². The van der Waals surface area contributed by atoms with Crippen molar-refractivity contribution in [3.05, 3.63) is 24.3 Å². The first-order chi connectivity index (χ1) is 14.1. The summed E-state index contributed by atoms with van der Waals surface area (Å²) in [6.45, 7) is 1.50. The lowest BCUT2D eigenvalue weighted by atomic mass is 10.1. The molecule has 29 heavy (non-hydrogen) atoms. The van der Waals surface area contributed by atoms with Gasteiger partial charge in [-0.1, -0.05) is 63.3 Å². The van der Waals surface area contributed by atoms with E-state index in [1.807, 2.05) is 0 Å². The number of hydrogen-bond donors (Lipinski definition) is 3. The van der Waals surface area contributed by atoms with E-state index in [0.717, 1.165) is 38.5 Å². The average molecular weight is 413 g/mol. The summed E-state index contributed by atoms with van der Waals surface area (Å²) in [5.74, 6) is -0.586. The van der Waals surface area contributed by atoms with Gasteiger partial charge >= 0.3 is 5.97 Å².